The average Bonchev–Trinajstić information content (AvgIpc) is 2.20. The summed E-state index contributed by atoms with van der Waals surface area (Å²) in [5, 5.41) is 30.2. The SMILES string of the molecule is OCCCCNCc1ccc(O)cc1O. The molecule has 0 spiro atoms. The van der Waals surface area contributed by atoms with Crippen LogP contribution in [-0.4, -0.2) is 28.5 Å². The summed E-state index contributed by atoms with van der Waals surface area (Å²) < 4.78 is 0. The van der Waals surface area contributed by atoms with Gasteiger partial charge < -0.3 is 20.6 Å². The van der Waals surface area contributed by atoms with E-state index in [1.165, 1.54) is 6.07 Å². The molecule has 4 N–H and O–H groups in total. The summed E-state index contributed by atoms with van der Waals surface area (Å²) in [7, 11) is 0. The maximum absolute atomic E-state index is 9.45. The van der Waals surface area contributed by atoms with Crippen molar-refractivity contribution in [1.82, 2.24) is 5.32 Å². The lowest BCUT2D eigenvalue weighted by molar-refractivity contribution is 0.283. The zero-order chi connectivity index (χ0) is 11.1. The van der Waals surface area contributed by atoms with E-state index in [-0.39, 0.29) is 18.1 Å². The van der Waals surface area contributed by atoms with Crippen LogP contribution in [0.15, 0.2) is 18.2 Å². The number of phenolic OH excluding ortho intramolecular Hbond substituents is 2. The molecule has 0 fully saturated rings. The van der Waals surface area contributed by atoms with Gasteiger partial charge in [0, 0.05) is 24.8 Å². The van der Waals surface area contributed by atoms with E-state index in [9.17, 15) is 5.11 Å². The third kappa shape index (κ3) is 4.18. The second kappa shape index (κ2) is 6.27. The van der Waals surface area contributed by atoms with Gasteiger partial charge in [-0.1, -0.05) is 6.07 Å². The Labute approximate surface area is 89.2 Å². The molecule has 4 heteroatoms. The zero-order valence-electron chi connectivity index (χ0n) is 8.61. The van der Waals surface area contributed by atoms with Crippen LogP contribution >= 0.6 is 0 Å². The lowest BCUT2D eigenvalue weighted by atomic mass is 10.2. The third-order valence-electron chi connectivity index (χ3n) is 2.15. The largest absolute Gasteiger partial charge is 0.508 e. The van der Waals surface area contributed by atoms with Gasteiger partial charge in [-0.25, -0.2) is 0 Å². The molecule has 84 valence electrons. The van der Waals surface area contributed by atoms with Crippen molar-refractivity contribution < 1.29 is 15.3 Å². The van der Waals surface area contributed by atoms with Crippen molar-refractivity contribution in [2.45, 2.75) is 19.4 Å². The number of aliphatic hydroxyl groups excluding tert-OH is 1. The summed E-state index contributed by atoms with van der Waals surface area (Å²) >= 11 is 0. The normalized spacial score (nSPS) is 10.5. The van der Waals surface area contributed by atoms with Crippen molar-refractivity contribution in [2.75, 3.05) is 13.2 Å². The van der Waals surface area contributed by atoms with Crippen LogP contribution in [0.4, 0.5) is 0 Å². The van der Waals surface area contributed by atoms with Crippen molar-refractivity contribution in [1.29, 1.82) is 0 Å². The van der Waals surface area contributed by atoms with Crippen molar-refractivity contribution in [3.05, 3.63) is 23.8 Å². The summed E-state index contributed by atoms with van der Waals surface area (Å²) in [5.74, 6) is 0.168. The Morgan fingerprint density at radius 2 is 1.93 bits per heavy atom. The molecule has 15 heavy (non-hydrogen) atoms. The maximum atomic E-state index is 9.45. The fourth-order valence-corrected chi connectivity index (χ4v) is 1.29. The number of aliphatic hydroxyl groups is 1. The summed E-state index contributed by atoms with van der Waals surface area (Å²) in [6.07, 6.45) is 1.70. The molecule has 0 aliphatic rings. The van der Waals surface area contributed by atoms with Gasteiger partial charge in [0.1, 0.15) is 11.5 Å². The first-order valence-corrected chi connectivity index (χ1v) is 5.06. The molecule has 0 heterocycles. The van der Waals surface area contributed by atoms with Gasteiger partial charge in [0.05, 0.1) is 0 Å². The predicted octanol–water partition coefficient (Wildman–Crippen LogP) is 0.960. The van der Waals surface area contributed by atoms with Gasteiger partial charge in [-0.3, -0.25) is 0 Å². The van der Waals surface area contributed by atoms with E-state index < -0.39 is 0 Å². The molecule has 0 saturated carbocycles. The molecular formula is C11H17NO3. The number of benzene rings is 1. The van der Waals surface area contributed by atoms with Crippen LogP contribution in [0, 0.1) is 0 Å². The number of hydrogen-bond acceptors (Lipinski definition) is 4. The quantitative estimate of drug-likeness (QED) is 0.529. The van der Waals surface area contributed by atoms with Crippen molar-refractivity contribution in [3.63, 3.8) is 0 Å². The smallest absolute Gasteiger partial charge is 0.123 e. The Kier molecular flexibility index (Phi) is 4.93. The Balaban J connectivity index is 2.31. The summed E-state index contributed by atoms with van der Waals surface area (Å²) in [6.45, 7) is 1.59. The van der Waals surface area contributed by atoms with Crippen molar-refractivity contribution in [2.24, 2.45) is 0 Å². The molecule has 0 unspecified atom stereocenters. The average molecular weight is 211 g/mol. The van der Waals surface area contributed by atoms with Gasteiger partial charge in [-0.2, -0.15) is 0 Å². The summed E-state index contributed by atoms with van der Waals surface area (Å²) in [6, 6.07) is 4.55. The molecule has 0 bridgehead atoms. The minimum absolute atomic E-state index is 0.0662. The van der Waals surface area contributed by atoms with Gasteiger partial charge >= 0.3 is 0 Å². The number of aromatic hydroxyl groups is 2. The number of hydrogen-bond donors (Lipinski definition) is 4. The van der Waals surface area contributed by atoms with Crippen LogP contribution in [0.3, 0.4) is 0 Å². The number of nitrogens with one attached hydrogen (secondary N) is 1. The van der Waals surface area contributed by atoms with E-state index in [0.717, 1.165) is 24.9 Å². The van der Waals surface area contributed by atoms with Gasteiger partial charge in [-0.05, 0) is 25.5 Å². The number of phenols is 2. The number of rotatable bonds is 6. The van der Waals surface area contributed by atoms with E-state index in [0.29, 0.717) is 6.54 Å². The van der Waals surface area contributed by atoms with E-state index in [4.69, 9.17) is 10.2 Å². The van der Waals surface area contributed by atoms with E-state index in [1.54, 1.807) is 12.1 Å². The van der Waals surface area contributed by atoms with Crippen LogP contribution in [0.5, 0.6) is 11.5 Å². The Hall–Kier alpha value is -1.26. The van der Waals surface area contributed by atoms with E-state index >= 15 is 0 Å². The van der Waals surface area contributed by atoms with Crippen LogP contribution < -0.4 is 5.32 Å². The van der Waals surface area contributed by atoms with Crippen LogP contribution in [0.1, 0.15) is 18.4 Å². The second-order valence-corrected chi connectivity index (χ2v) is 3.42. The maximum Gasteiger partial charge on any atom is 0.123 e. The monoisotopic (exact) mass is 211 g/mol. The first kappa shape index (κ1) is 11.8. The van der Waals surface area contributed by atoms with Crippen molar-refractivity contribution in [3.8, 4) is 11.5 Å². The van der Waals surface area contributed by atoms with Crippen LogP contribution in [0.25, 0.3) is 0 Å². The van der Waals surface area contributed by atoms with Crippen LogP contribution in [0.2, 0.25) is 0 Å². The highest BCUT2D eigenvalue weighted by Gasteiger charge is 2.00. The Morgan fingerprint density at radius 3 is 2.60 bits per heavy atom. The molecule has 0 aromatic heterocycles. The topological polar surface area (TPSA) is 72.7 Å². The molecule has 0 saturated heterocycles. The summed E-state index contributed by atoms with van der Waals surface area (Å²) in [4.78, 5) is 0. The first-order valence-electron chi connectivity index (χ1n) is 5.06. The standard InChI is InChI=1S/C11H17NO3/c13-6-2-1-5-12-8-9-3-4-10(14)7-11(9)15/h3-4,7,12-15H,1-2,5-6,8H2. The fraction of sp³-hybridized carbons (Fsp3) is 0.455. The lowest BCUT2D eigenvalue weighted by Crippen LogP contribution is -2.15. The van der Waals surface area contributed by atoms with Crippen molar-refractivity contribution >= 4 is 0 Å². The minimum Gasteiger partial charge on any atom is -0.508 e. The summed E-state index contributed by atoms with van der Waals surface area (Å²) in [5.41, 5.74) is 0.761. The Bertz CT molecular complexity index is 302. The van der Waals surface area contributed by atoms with E-state index in [2.05, 4.69) is 5.32 Å². The van der Waals surface area contributed by atoms with Gasteiger partial charge in [0.2, 0.25) is 0 Å². The molecule has 1 aromatic rings. The molecule has 0 radical (unpaired) electrons. The van der Waals surface area contributed by atoms with Gasteiger partial charge in [0.15, 0.2) is 0 Å². The minimum atomic E-state index is 0.0662. The fourth-order valence-electron chi connectivity index (χ4n) is 1.29. The zero-order valence-corrected chi connectivity index (χ0v) is 8.61. The molecule has 0 atom stereocenters. The molecule has 0 aliphatic heterocycles. The predicted molar refractivity (Wildman–Crippen MR) is 57.8 cm³/mol. The molecular weight excluding hydrogens is 194 g/mol. The molecule has 0 aliphatic carbocycles. The molecule has 1 rings (SSSR count). The third-order valence-corrected chi connectivity index (χ3v) is 2.15. The first-order chi connectivity index (χ1) is 7.24. The Morgan fingerprint density at radius 1 is 1.13 bits per heavy atom. The van der Waals surface area contributed by atoms with Gasteiger partial charge in [-0.15, -0.1) is 0 Å². The highest BCUT2D eigenvalue weighted by atomic mass is 16.3. The number of unbranched alkanes of at least 4 members (excludes halogenated alkanes) is 1. The molecule has 1 aromatic carbocycles. The lowest BCUT2D eigenvalue weighted by Gasteiger charge is -2.06. The molecule has 4 nitrogen and oxygen atoms in total. The highest BCUT2D eigenvalue weighted by Crippen LogP contribution is 2.22. The highest BCUT2D eigenvalue weighted by molar-refractivity contribution is 5.38. The van der Waals surface area contributed by atoms with Crippen LogP contribution in [-0.2, 0) is 6.54 Å². The van der Waals surface area contributed by atoms with E-state index in [1.807, 2.05) is 0 Å². The molecule has 0 amide bonds. The van der Waals surface area contributed by atoms with Gasteiger partial charge in [0.25, 0.3) is 0 Å². The second-order valence-electron chi connectivity index (χ2n) is 3.42.